The van der Waals surface area contributed by atoms with E-state index in [1.165, 1.54) is 30.3 Å². The van der Waals surface area contributed by atoms with Gasteiger partial charge in [-0.1, -0.05) is 12.2 Å². The number of nitro groups is 1. The molecule has 10 heteroatoms. The molecule has 2 aliphatic heterocycles. The van der Waals surface area contributed by atoms with Crippen LogP contribution >= 0.6 is 0 Å². The summed E-state index contributed by atoms with van der Waals surface area (Å²) in [6.07, 6.45) is 8.92. The monoisotopic (exact) mass is 450 g/mol. The number of sulfonamides is 1. The molecule has 2 N–H and O–H groups in total. The number of nitro benzene ring substituents is 1. The number of carboxylic acid groups (broad SMARTS) is 1. The number of hydrogen-bond acceptors (Lipinski definition) is 6. The second kappa shape index (κ2) is 10.2. The van der Waals surface area contributed by atoms with Gasteiger partial charge in [-0.05, 0) is 55.9 Å². The molecule has 168 valence electrons. The maximum Gasteiger partial charge on any atom is 0.303 e. The summed E-state index contributed by atoms with van der Waals surface area (Å²) in [5.74, 6) is -0.789. The molecule has 0 radical (unpaired) electrons. The van der Waals surface area contributed by atoms with Crippen molar-refractivity contribution in [2.45, 2.75) is 56.8 Å². The van der Waals surface area contributed by atoms with E-state index in [4.69, 9.17) is 9.84 Å². The number of benzene rings is 1. The zero-order valence-electron chi connectivity index (χ0n) is 16.9. The third-order valence-electron chi connectivity index (χ3n) is 5.60. The van der Waals surface area contributed by atoms with Gasteiger partial charge in [0.05, 0.1) is 23.2 Å². The van der Waals surface area contributed by atoms with Crippen LogP contribution < -0.4 is 4.72 Å². The zero-order chi connectivity index (χ0) is 22.4. The van der Waals surface area contributed by atoms with E-state index in [2.05, 4.69) is 4.72 Å². The van der Waals surface area contributed by atoms with Crippen molar-refractivity contribution in [3.8, 4) is 0 Å². The van der Waals surface area contributed by atoms with Crippen LogP contribution in [-0.2, 0) is 19.6 Å². The molecule has 31 heavy (non-hydrogen) atoms. The Bertz CT molecular complexity index is 956. The molecule has 4 unspecified atom stereocenters. The van der Waals surface area contributed by atoms with Crippen LogP contribution in [0.1, 0.15) is 44.1 Å². The molecular formula is C21H26N2O7S. The second-order valence-electron chi connectivity index (χ2n) is 7.79. The quantitative estimate of drug-likeness (QED) is 0.229. The number of hydrogen-bond donors (Lipinski definition) is 2. The summed E-state index contributed by atoms with van der Waals surface area (Å²) in [6, 6.07) is 5.30. The molecule has 3 rings (SSSR count). The van der Waals surface area contributed by atoms with Gasteiger partial charge >= 0.3 is 5.97 Å². The molecule has 1 aromatic carbocycles. The topological polar surface area (TPSA) is 136 Å². The molecule has 2 saturated heterocycles. The molecule has 0 aliphatic carbocycles. The molecule has 2 bridgehead atoms. The predicted octanol–water partition coefficient (Wildman–Crippen LogP) is 3.23. The number of non-ortho nitro benzene ring substituents is 1. The lowest BCUT2D eigenvalue weighted by atomic mass is 9.83. The fourth-order valence-corrected chi connectivity index (χ4v) is 5.20. The van der Waals surface area contributed by atoms with E-state index in [0.717, 1.165) is 18.2 Å². The number of allylic oxidation sites excluding steroid dienone is 2. The first kappa shape index (κ1) is 23.1. The molecule has 0 saturated carbocycles. The molecule has 2 heterocycles. The molecular weight excluding hydrogens is 424 g/mol. The third-order valence-corrected chi connectivity index (χ3v) is 6.70. The lowest BCUT2D eigenvalue weighted by molar-refractivity contribution is -0.384. The molecule has 0 aromatic heterocycles. The van der Waals surface area contributed by atoms with Crippen LogP contribution in [0.15, 0.2) is 41.8 Å². The van der Waals surface area contributed by atoms with E-state index in [9.17, 15) is 23.3 Å². The Kier molecular flexibility index (Phi) is 7.58. The van der Waals surface area contributed by atoms with Gasteiger partial charge in [0.1, 0.15) is 0 Å². The van der Waals surface area contributed by atoms with Crippen molar-refractivity contribution in [3.63, 3.8) is 0 Å². The number of ether oxygens (including phenoxy) is 1. The predicted molar refractivity (Wildman–Crippen MR) is 115 cm³/mol. The maximum atomic E-state index is 12.6. The highest BCUT2D eigenvalue weighted by molar-refractivity contribution is 7.92. The van der Waals surface area contributed by atoms with Gasteiger partial charge in [0.15, 0.2) is 0 Å². The van der Waals surface area contributed by atoms with Crippen molar-refractivity contribution in [1.29, 1.82) is 0 Å². The van der Waals surface area contributed by atoms with Gasteiger partial charge in [0, 0.05) is 29.9 Å². The molecule has 0 amide bonds. The molecule has 0 spiro atoms. The van der Waals surface area contributed by atoms with Crippen molar-refractivity contribution < 1.29 is 28.0 Å². The highest BCUT2D eigenvalue weighted by Crippen LogP contribution is 2.41. The Labute approximate surface area is 181 Å². The number of carboxylic acids is 1. The molecule has 2 fully saturated rings. The fraction of sp³-hybridized carbons (Fsp3) is 0.476. The number of unbranched alkanes of at least 4 members (excludes halogenated alkanes) is 1. The number of carbonyl (C=O) groups is 1. The summed E-state index contributed by atoms with van der Waals surface area (Å²) in [6.45, 7) is 0. The molecule has 4 atom stereocenters. The van der Waals surface area contributed by atoms with Gasteiger partial charge in [0.25, 0.3) is 5.69 Å². The van der Waals surface area contributed by atoms with Crippen LogP contribution in [-0.4, -0.2) is 42.7 Å². The minimum atomic E-state index is -3.73. The van der Waals surface area contributed by atoms with Gasteiger partial charge < -0.3 is 9.84 Å². The normalized spacial score (nSPS) is 25.5. The summed E-state index contributed by atoms with van der Waals surface area (Å²) in [5, 5.41) is 20.4. The Morgan fingerprint density at radius 1 is 1.23 bits per heavy atom. The van der Waals surface area contributed by atoms with E-state index in [-0.39, 0.29) is 36.3 Å². The van der Waals surface area contributed by atoms with E-state index >= 15 is 0 Å². The van der Waals surface area contributed by atoms with E-state index in [1.807, 2.05) is 12.2 Å². The van der Waals surface area contributed by atoms with E-state index < -0.39 is 20.9 Å². The maximum absolute atomic E-state index is 12.6. The summed E-state index contributed by atoms with van der Waals surface area (Å²) < 4.78 is 33.9. The SMILES string of the molecule is O=C(O)CCCC=CCC1C2CCC(O2)C1NS(=O)(=O)C=Cc1ccc([N+](=O)[O-])cc1. The minimum Gasteiger partial charge on any atom is -0.481 e. The van der Waals surface area contributed by atoms with Crippen LogP contribution in [0, 0.1) is 16.0 Å². The summed E-state index contributed by atoms with van der Waals surface area (Å²) in [4.78, 5) is 20.8. The number of fused-ring (bicyclic) bond motifs is 2. The standard InChI is InChI=1S/C21H26N2O7S/c24-20(25)6-4-2-1-3-5-17-18-11-12-19(30-18)21(17)22-31(28,29)14-13-15-7-9-16(10-8-15)23(26)27/h1,3,7-10,13-14,17-19,21-22H,2,4-6,11-12H2,(H,24,25). The van der Waals surface area contributed by atoms with Crippen LogP contribution in [0.2, 0.25) is 0 Å². The van der Waals surface area contributed by atoms with E-state index in [0.29, 0.717) is 24.8 Å². The highest BCUT2D eigenvalue weighted by Gasteiger charge is 2.49. The Morgan fingerprint density at radius 2 is 1.94 bits per heavy atom. The van der Waals surface area contributed by atoms with Gasteiger partial charge in [-0.3, -0.25) is 14.9 Å². The number of aliphatic carboxylic acids is 1. The molecule has 9 nitrogen and oxygen atoms in total. The Morgan fingerprint density at radius 3 is 2.61 bits per heavy atom. The first-order valence-electron chi connectivity index (χ1n) is 10.2. The number of nitrogens with one attached hydrogen (secondary N) is 1. The van der Waals surface area contributed by atoms with Crippen LogP contribution in [0.25, 0.3) is 6.08 Å². The molecule has 2 aliphatic rings. The van der Waals surface area contributed by atoms with Crippen molar-refractivity contribution >= 4 is 27.8 Å². The lowest BCUT2D eigenvalue weighted by Gasteiger charge is -2.27. The average Bonchev–Trinajstić information content (AvgIpc) is 3.31. The number of nitrogens with zero attached hydrogens (tertiary/aromatic N) is 1. The van der Waals surface area contributed by atoms with Crippen molar-refractivity contribution in [2.24, 2.45) is 5.92 Å². The van der Waals surface area contributed by atoms with Crippen molar-refractivity contribution in [3.05, 3.63) is 57.5 Å². The lowest BCUT2D eigenvalue weighted by Crippen LogP contribution is -2.46. The molecule has 1 aromatic rings. The first-order chi connectivity index (χ1) is 14.7. The Hall–Kier alpha value is -2.56. The van der Waals surface area contributed by atoms with Gasteiger partial charge in [-0.25, -0.2) is 13.1 Å². The van der Waals surface area contributed by atoms with E-state index in [1.54, 1.807) is 0 Å². The Balaban J connectivity index is 1.58. The summed E-state index contributed by atoms with van der Waals surface area (Å²) in [7, 11) is -3.73. The fourth-order valence-electron chi connectivity index (χ4n) is 4.08. The second-order valence-corrected chi connectivity index (χ2v) is 9.39. The van der Waals surface area contributed by atoms with Crippen LogP contribution in [0.5, 0.6) is 0 Å². The first-order valence-corrected chi connectivity index (χ1v) is 11.8. The van der Waals surface area contributed by atoms with Crippen LogP contribution in [0.4, 0.5) is 5.69 Å². The summed E-state index contributed by atoms with van der Waals surface area (Å²) >= 11 is 0. The van der Waals surface area contributed by atoms with Crippen molar-refractivity contribution in [2.75, 3.05) is 0 Å². The van der Waals surface area contributed by atoms with Gasteiger partial charge in [-0.2, -0.15) is 0 Å². The largest absolute Gasteiger partial charge is 0.481 e. The smallest absolute Gasteiger partial charge is 0.303 e. The zero-order valence-corrected chi connectivity index (χ0v) is 17.7. The van der Waals surface area contributed by atoms with Crippen LogP contribution in [0.3, 0.4) is 0 Å². The number of rotatable bonds is 11. The van der Waals surface area contributed by atoms with Gasteiger partial charge in [0.2, 0.25) is 10.0 Å². The minimum absolute atomic E-state index is 0.0139. The summed E-state index contributed by atoms with van der Waals surface area (Å²) in [5.41, 5.74) is 0.483. The van der Waals surface area contributed by atoms with Gasteiger partial charge in [-0.15, -0.1) is 0 Å². The third kappa shape index (κ3) is 6.46. The highest BCUT2D eigenvalue weighted by atomic mass is 32.2. The van der Waals surface area contributed by atoms with Crippen molar-refractivity contribution in [1.82, 2.24) is 4.72 Å². The average molecular weight is 451 g/mol.